The van der Waals surface area contributed by atoms with Crippen LogP contribution in [0.4, 0.5) is 0 Å². The predicted octanol–water partition coefficient (Wildman–Crippen LogP) is 3.29. The van der Waals surface area contributed by atoms with Gasteiger partial charge in [0.15, 0.2) is 0 Å². The summed E-state index contributed by atoms with van der Waals surface area (Å²) in [7, 11) is 0. The highest BCUT2D eigenvalue weighted by Crippen LogP contribution is 2.22. The Hall–Kier alpha value is -0.0900. The Morgan fingerprint density at radius 2 is 2.25 bits per heavy atom. The lowest BCUT2D eigenvalue weighted by molar-refractivity contribution is 0.00540. The molecule has 92 valence electrons. The van der Waals surface area contributed by atoms with Crippen molar-refractivity contribution in [2.75, 3.05) is 6.54 Å². The molecule has 1 rings (SSSR count). The smallest absolute Gasteiger partial charge is 0.0931 e. The lowest BCUT2D eigenvalue weighted by Gasteiger charge is -2.29. The van der Waals surface area contributed by atoms with Crippen LogP contribution in [0.2, 0.25) is 4.34 Å². The van der Waals surface area contributed by atoms with Crippen LogP contribution in [-0.2, 0) is 6.54 Å². The molecule has 1 heterocycles. The van der Waals surface area contributed by atoms with Crippen molar-refractivity contribution in [3.63, 3.8) is 0 Å². The molecule has 0 aromatic carbocycles. The first kappa shape index (κ1) is 14.0. The molecular weight excluding hydrogens is 242 g/mol. The van der Waals surface area contributed by atoms with E-state index >= 15 is 0 Å². The molecule has 0 aliphatic rings. The van der Waals surface area contributed by atoms with E-state index in [1.807, 2.05) is 19.1 Å². The van der Waals surface area contributed by atoms with Crippen LogP contribution >= 0.6 is 22.9 Å². The van der Waals surface area contributed by atoms with E-state index in [1.165, 1.54) is 4.88 Å². The molecule has 0 saturated heterocycles. The molecule has 2 atom stereocenters. The van der Waals surface area contributed by atoms with Crippen LogP contribution < -0.4 is 5.32 Å². The maximum atomic E-state index is 10.2. The molecule has 0 aliphatic heterocycles. The number of aliphatic hydroxyl groups is 1. The highest BCUT2D eigenvalue weighted by molar-refractivity contribution is 7.16. The van der Waals surface area contributed by atoms with E-state index < -0.39 is 5.60 Å². The molecule has 0 radical (unpaired) electrons. The Morgan fingerprint density at radius 1 is 1.56 bits per heavy atom. The Kier molecular flexibility index (Phi) is 5.25. The molecule has 0 amide bonds. The van der Waals surface area contributed by atoms with Gasteiger partial charge in [-0.2, -0.15) is 0 Å². The third-order valence-electron chi connectivity index (χ3n) is 3.09. The molecule has 0 fully saturated rings. The van der Waals surface area contributed by atoms with Crippen LogP contribution in [0, 0.1) is 5.92 Å². The lowest BCUT2D eigenvalue weighted by atomic mass is 9.89. The van der Waals surface area contributed by atoms with Gasteiger partial charge in [-0.05, 0) is 25.0 Å². The number of hydrogen-bond acceptors (Lipinski definition) is 3. The summed E-state index contributed by atoms with van der Waals surface area (Å²) in [5, 5.41) is 13.5. The molecule has 1 aromatic rings. The van der Waals surface area contributed by atoms with Gasteiger partial charge in [0.25, 0.3) is 0 Å². The highest BCUT2D eigenvalue weighted by Gasteiger charge is 2.26. The van der Waals surface area contributed by atoms with Gasteiger partial charge in [0, 0.05) is 18.0 Å². The minimum atomic E-state index is -0.643. The first-order valence-corrected chi connectivity index (χ1v) is 6.82. The monoisotopic (exact) mass is 261 g/mol. The van der Waals surface area contributed by atoms with Gasteiger partial charge in [-0.15, -0.1) is 11.3 Å². The van der Waals surface area contributed by atoms with E-state index in [2.05, 4.69) is 19.2 Å². The topological polar surface area (TPSA) is 32.3 Å². The zero-order chi connectivity index (χ0) is 12.2. The maximum absolute atomic E-state index is 10.2. The number of halogens is 1. The van der Waals surface area contributed by atoms with Gasteiger partial charge >= 0.3 is 0 Å². The maximum Gasteiger partial charge on any atom is 0.0931 e. The fourth-order valence-corrected chi connectivity index (χ4v) is 2.56. The molecule has 16 heavy (non-hydrogen) atoms. The van der Waals surface area contributed by atoms with Crippen molar-refractivity contribution in [1.29, 1.82) is 0 Å². The molecular formula is C12H20ClNOS. The van der Waals surface area contributed by atoms with Crippen molar-refractivity contribution in [1.82, 2.24) is 5.32 Å². The number of thiophene rings is 1. The molecule has 0 saturated carbocycles. The third kappa shape index (κ3) is 4.06. The molecule has 0 aliphatic carbocycles. The molecule has 2 nitrogen and oxygen atoms in total. The van der Waals surface area contributed by atoms with Crippen molar-refractivity contribution in [3.05, 3.63) is 21.3 Å². The fourth-order valence-electron chi connectivity index (χ4n) is 1.50. The summed E-state index contributed by atoms with van der Waals surface area (Å²) in [6.07, 6.45) is 0.986. The Labute approximate surface area is 107 Å². The van der Waals surface area contributed by atoms with E-state index in [0.29, 0.717) is 12.5 Å². The van der Waals surface area contributed by atoms with E-state index in [1.54, 1.807) is 11.3 Å². The summed E-state index contributed by atoms with van der Waals surface area (Å²) >= 11 is 7.42. The number of rotatable bonds is 6. The minimum Gasteiger partial charge on any atom is -0.389 e. The van der Waals surface area contributed by atoms with Gasteiger partial charge in [0.1, 0.15) is 0 Å². The lowest BCUT2D eigenvalue weighted by Crippen LogP contribution is -2.42. The van der Waals surface area contributed by atoms with Crippen molar-refractivity contribution in [2.24, 2.45) is 5.92 Å². The summed E-state index contributed by atoms with van der Waals surface area (Å²) in [6, 6.07) is 3.91. The van der Waals surface area contributed by atoms with Crippen LogP contribution in [-0.4, -0.2) is 17.3 Å². The Morgan fingerprint density at radius 3 is 2.75 bits per heavy atom. The zero-order valence-corrected chi connectivity index (χ0v) is 11.7. The SMILES string of the molecule is CCC(C)C(C)(O)CNCc1ccc(Cl)s1. The van der Waals surface area contributed by atoms with Crippen LogP contribution in [0.3, 0.4) is 0 Å². The standard InChI is InChI=1S/C12H20ClNOS/c1-4-9(2)12(3,15)8-14-7-10-5-6-11(13)16-10/h5-6,9,14-15H,4,7-8H2,1-3H3. The van der Waals surface area contributed by atoms with Gasteiger partial charge in [-0.25, -0.2) is 0 Å². The Balaban J connectivity index is 2.35. The van der Waals surface area contributed by atoms with E-state index in [9.17, 15) is 5.11 Å². The summed E-state index contributed by atoms with van der Waals surface area (Å²) in [5.74, 6) is 0.298. The summed E-state index contributed by atoms with van der Waals surface area (Å²) in [5.41, 5.74) is -0.643. The van der Waals surface area contributed by atoms with Crippen LogP contribution in [0.5, 0.6) is 0 Å². The van der Waals surface area contributed by atoms with Crippen LogP contribution in [0.25, 0.3) is 0 Å². The third-order valence-corrected chi connectivity index (χ3v) is 4.32. The second kappa shape index (κ2) is 6.01. The average Bonchev–Trinajstić information content (AvgIpc) is 2.62. The fraction of sp³-hybridized carbons (Fsp3) is 0.667. The van der Waals surface area contributed by atoms with Gasteiger partial charge < -0.3 is 10.4 Å². The molecule has 1 aromatic heterocycles. The van der Waals surface area contributed by atoms with Gasteiger partial charge in [-0.3, -0.25) is 0 Å². The highest BCUT2D eigenvalue weighted by atomic mass is 35.5. The number of hydrogen-bond donors (Lipinski definition) is 2. The van der Waals surface area contributed by atoms with Crippen LogP contribution in [0.15, 0.2) is 12.1 Å². The summed E-state index contributed by atoms with van der Waals surface area (Å²) in [4.78, 5) is 1.20. The van der Waals surface area contributed by atoms with E-state index in [4.69, 9.17) is 11.6 Å². The molecule has 4 heteroatoms. The van der Waals surface area contributed by atoms with E-state index in [0.717, 1.165) is 17.3 Å². The molecule has 2 N–H and O–H groups in total. The van der Waals surface area contributed by atoms with Gasteiger partial charge in [0.05, 0.1) is 9.94 Å². The van der Waals surface area contributed by atoms with Crippen LogP contribution in [0.1, 0.15) is 32.1 Å². The Bertz CT molecular complexity index is 325. The second-order valence-corrected chi connectivity index (χ2v) is 6.28. The largest absolute Gasteiger partial charge is 0.389 e. The van der Waals surface area contributed by atoms with E-state index in [-0.39, 0.29) is 0 Å². The first-order chi connectivity index (χ1) is 7.45. The van der Waals surface area contributed by atoms with Gasteiger partial charge in [0.2, 0.25) is 0 Å². The molecule has 0 spiro atoms. The quantitative estimate of drug-likeness (QED) is 0.824. The average molecular weight is 262 g/mol. The number of nitrogens with one attached hydrogen (secondary N) is 1. The normalized spacial score (nSPS) is 17.1. The van der Waals surface area contributed by atoms with Crippen molar-refractivity contribution < 1.29 is 5.11 Å². The van der Waals surface area contributed by atoms with Gasteiger partial charge in [-0.1, -0.05) is 31.9 Å². The first-order valence-electron chi connectivity index (χ1n) is 5.63. The van der Waals surface area contributed by atoms with Crippen molar-refractivity contribution in [3.8, 4) is 0 Å². The predicted molar refractivity (Wildman–Crippen MR) is 71.1 cm³/mol. The molecule has 2 unspecified atom stereocenters. The second-order valence-electron chi connectivity index (χ2n) is 4.48. The zero-order valence-electron chi connectivity index (χ0n) is 10.1. The summed E-state index contributed by atoms with van der Waals surface area (Å²) < 4.78 is 0.811. The van der Waals surface area contributed by atoms with Crippen molar-refractivity contribution in [2.45, 2.75) is 39.3 Å². The van der Waals surface area contributed by atoms with Crippen molar-refractivity contribution >= 4 is 22.9 Å². The molecule has 0 bridgehead atoms. The minimum absolute atomic E-state index is 0.298. The summed E-state index contributed by atoms with van der Waals surface area (Å²) in [6.45, 7) is 7.43.